The van der Waals surface area contributed by atoms with Crippen molar-refractivity contribution in [1.82, 2.24) is 5.32 Å². The summed E-state index contributed by atoms with van der Waals surface area (Å²) in [4.78, 5) is 33.0. The van der Waals surface area contributed by atoms with Gasteiger partial charge < -0.3 is 5.32 Å². The topological polar surface area (TPSA) is 101 Å². The normalized spacial score (nSPS) is 18.9. The maximum atomic E-state index is 11.6. The van der Waals surface area contributed by atoms with Gasteiger partial charge in [-0.3, -0.25) is 25.0 Å². The molecule has 1 unspecified atom stereocenters. The zero-order chi connectivity index (χ0) is 14.0. The summed E-state index contributed by atoms with van der Waals surface area (Å²) in [5.74, 6) is -0.794. The molecule has 0 spiro atoms. The molecule has 0 aliphatic carbocycles. The highest BCUT2D eigenvalue weighted by molar-refractivity contribution is 9.10. The van der Waals surface area contributed by atoms with Crippen molar-refractivity contribution >= 4 is 39.1 Å². The molecule has 100 valence electrons. The summed E-state index contributed by atoms with van der Waals surface area (Å²) < 4.78 is 0.660. The molecule has 0 aromatic heterocycles. The summed E-state index contributed by atoms with van der Waals surface area (Å²) in [6.07, 6.45) is 0.527. The lowest BCUT2D eigenvalue weighted by atomic mass is 10.1. The second kappa shape index (κ2) is 5.35. The number of anilines is 1. The van der Waals surface area contributed by atoms with Crippen molar-refractivity contribution < 1.29 is 14.5 Å². The van der Waals surface area contributed by atoms with Gasteiger partial charge in [0.15, 0.2) is 0 Å². The number of nitro groups is 1. The van der Waals surface area contributed by atoms with Crippen LogP contribution in [0.15, 0.2) is 22.7 Å². The molecule has 1 saturated heterocycles. The summed E-state index contributed by atoms with van der Waals surface area (Å²) in [6.45, 7) is 0. The minimum absolute atomic E-state index is 0.118. The Balaban J connectivity index is 2.23. The number of hydrogen-bond donors (Lipinski definition) is 2. The third-order valence-electron chi connectivity index (χ3n) is 2.72. The summed E-state index contributed by atoms with van der Waals surface area (Å²) in [7, 11) is 0. The molecule has 2 N–H and O–H groups in total. The van der Waals surface area contributed by atoms with E-state index in [0.717, 1.165) is 0 Å². The molecule has 0 saturated carbocycles. The Morgan fingerprint density at radius 2 is 2.16 bits per heavy atom. The van der Waals surface area contributed by atoms with Gasteiger partial charge in [-0.1, -0.05) is 15.9 Å². The smallest absolute Gasteiger partial charge is 0.292 e. The summed E-state index contributed by atoms with van der Waals surface area (Å²) in [5, 5.41) is 15.9. The number of piperidine rings is 1. The molecule has 2 amide bonds. The number of nitro benzene ring substituents is 1. The summed E-state index contributed by atoms with van der Waals surface area (Å²) in [5.41, 5.74) is 0.127. The molecule has 1 heterocycles. The molecule has 0 bridgehead atoms. The lowest BCUT2D eigenvalue weighted by Crippen LogP contribution is -2.47. The Labute approximate surface area is 116 Å². The van der Waals surface area contributed by atoms with Crippen LogP contribution in [0.3, 0.4) is 0 Å². The van der Waals surface area contributed by atoms with Crippen molar-refractivity contribution in [2.75, 3.05) is 5.32 Å². The summed E-state index contributed by atoms with van der Waals surface area (Å²) in [6, 6.07) is 3.78. The molecule has 8 heteroatoms. The average molecular weight is 328 g/mol. The van der Waals surface area contributed by atoms with Crippen LogP contribution in [0.5, 0.6) is 0 Å². The van der Waals surface area contributed by atoms with Gasteiger partial charge in [0.2, 0.25) is 11.8 Å². The number of carbonyl (C=O) groups excluding carboxylic acids is 2. The fourth-order valence-electron chi connectivity index (χ4n) is 1.80. The van der Waals surface area contributed by atoms with Crippen molar-refractivity contribution in [2.24, 2.45) is 0 Å². The maximum Gasteiger partial charge on any atom is 0.292 e. The van der Waals surface area contributed by atoms with E-state index in [1.807, 2.05) is 0 Å². The third-order valence-corrected chi connectivity index (χ3v) is 3.22. The number of carbonyl (C=O) groups is 2. The molecule has 7 nitrogen and oxygen atoms in total. The van der Waals surface area contributed by atoms with E-state index in [2.05, 4.69) is 26.6 Å². The number of nitrogens with one attached hydrogen (secondary N) is 2. The van der Waals surface area contributed by atoms with Gasteiger partial charge in [-0.05, 0) is 18.6 Å². The Bertz CT molecular complexity index is 561. The standard InChI is InChI=1S/C11H10BrN3O4/c12-6-1-3-9(15(18)19)8(5-6)13-7-2-4-10(16)14-11(7)17/h1,3,5,7,13H,2,4H2,(H,14,16,17). The minimum atomic E-state index is -0.648. The molecule has 1 aromatic rings. The van der Waals surface area contributed by atoms with Crippen LogP contribution in [0.25, 0.3) is 0 Å². The highest BCUT2D eigenvalue weighted by atomic mass is 79.9. The zero-order valence-electron chi connectivity index (χ0n) is 9.68. The van der Waals surface area contributed by atoms with Crippen LogP contribution in [0.1, 0.15) is 12.8 Å². The molecule has 1 aromatic carbocycles. The van der Waals surface area contributed by atoms with Crippen LogP contribution in [0, 0.1) is 10.1 Å². The first-order valence-electron chi connectivity index (χ1n) is 5.51. The van der Waals surface area contributed by atoms with Gasteiger partial charge in [0.25, 0.3) is 5.69 Å². The van der Waals surface area contributed by atoms with Crippen LogP contribution in [0.4, 0.5) is 11.4 Å². The van der Waals surface area contributed by atoms with Crippen molar-refractivity contribution in [3.63, 3.8) is 0 Å². The zero-order valence-corrected chi connectivity index (χ0v) is 11.3. The molecule has 1 atom stereocenters. The third kappa shape index (κ3) is 3.08. The number of amides is 2. The Morgan fingerprint density at radius 1 is 1.42 bits per heavy atom. The fraction of sp³-hybridized carbons (Fsp3) is 0.273. The molecule has 1 aliphatic rings. The molecular formula is C11H10BrN3O4. The number of hydrogen-bond acceptors (Lipinski definition) is 5. The van der Waals surface area contributed by atoms with E-state index in [0.29, 0.717) is 10.9 Å². The predicted octanol–water partition coefficient (Wildman–Crippen LogP) is 1.57. The molecule has 1 aliphatic heterocycles. The second-order valence-electron chi connectivity index (χ2n) is 4.07. The van der Waals surface area contributed by atoms with Crippen LogP contribution in [-0.2, 0) is 9.59 Å². The molecule has 19 heavy (non-hydrogen) atoms. The van der Waals surface area contributed by atoms with Crippen molar-refractivity contribution in [3.05, 3.63) is 32.8 Å². The monoisotopic (exact) mass is 327 g/mol. The number of imide groups is 1. The van der Waals surface area contributed by atoms with Gasteiger partial charge in [0, 0.05) is 17.0 Å². The second-order valence-corrected chi connectivity index (χ2v) is 4.98. The van der Waals surface area contributed by atoms with Gasteiger partial charge >= 0.3 is 0 Å². The molecule has 1 fully saturated rings. The quantitative estimate of drug-likeness (QED) is 0.498. The lowest BCUT2D eigenvalue weighted by molar-refractivity contribution is -0.384. The Kier molecular flexibility index (Phi) is 3.79. The Morgan fingerprint density at radius 3 is 2.79 bits per heavy atom. The number of rotatable bonds is 3. The number of halogens is 1. The van der Waals surface area contributed by atoms with Gasteiger partial charge in [0.05, 0.1) is 4.92 Å². The lowest BCUT2D eigenvalue weighted by Gasteiger charge is -2.22. The SMILES string of the molecule is O=C1CCC(Nc2cc(Br)ccc2[N+](=O)[O-])C(=O)N1. The first-order chi connectivity index (χ1) is 8.97. The van der Waals surface area contributed by atoms with E-state index >= 15 is 0 Å². The molecule has 0 radical (unpaired) electrons. The molecular weight excluding hydrogens is 318 g/mol. The van der Waals surface area contributed by atoms with Gasteiger partial charge in [-0.25, -0.2) is 0 Å². The van der Waals surface area contributed by atoms with Crippen LogP contribution in [0.2, 0.25) is 0 Å². The van der Waals surface area contributed by atoms with E-state index in [1.165, 1.54) is 12.1 Å². The average Bonchev–Trinajstić information content (AvgIpc) is 2.32. The van der Waals surface area contributed by atoms with E-state index in [-0.39, 0.29) is 23.7 Å². The minimum Gasteiger partial charge on any atom is -0.368 e. The van der Waals surface area contributed by atoms with Crippen LogP contribution >= 0.6 is 15.9 Å². The van der Waals surface area contributed by atoms with Gasteiger partial charge in [0.1, 0.15) is 11.7 Å². The van der Waals surface area contributed by atoms with Crippen LogP contribution in [-0.4, -0.2) is 22.8 Å². The molecule has 2 rings (SSSR count). The van der Waals surface area contributed by atoms with E-state index in [1.54, 1.807) is 6.07 Å². The largest absolute Gasteiger partial charge is 0.368 e. The van der Waals surface area contributed by atoms with Gasteiger partial charge in [-0.2, -0.15) is 0 Å². The first kappa shape index (κ1) is 13.5. The van der Waals surface area contributed by atoms with E-state index in [4.69, 9.17) is 0 Å². The Hall–Kier alpha value is -1.96. The van der Waals surface area contributed by atoms with Gasteiger partial charge in [-0.15, -0.1) is 0 Å². The highest BCUT2D eigenvalue weighted by Crippen LogP contribution is 2.29. The predicted molar refractivity (Wildman–Crippen MR) is 70.6 cm³/mol. The van der Waals surface area contributed by atoms with Crippen molar-refractivity contribution in [1.29, 1.82) is 0 Å². The summed E-state index contributed by atoms with van der Waals surface area (Å²) >= 11 is 3.22. The fourth-order valence-corrected chi connectivity index (χ4v) is 2.16. The van der Waals surface area contributed by atoms with Crippen molar-refractivity contribution in [2.45, 2.75) is 18.9 Å². The van der Waals surface area contributed by atoms with E-state index < -0.39 is 16.9 Å². The van der Waals surface area contributed by atoms with E-state index in [9.17, 15) is 19.7 Å². The first-order valence-corrected chi connectivity index (χ1v) is 6.31. The number of benzene rings is 1. The highest BCUT2D eigenvalue weighted by Gasteiger charge is 2.28. The number of nitrogens with zero attached hydrogens (tertiary/aromatic N) is 1. The van der Waals surface area contributed by atoms with Crippen LogP contribution < -0.4 is 10.6 Å². The van der Waals surface area contributed by atoms with Crippen molar-refractivity contribution in [3.8, 4) is 0 Å². The maximum absolute atomic E-state index is 11.6.